The van der Waals surface area contributed by atoms with Crippen molar-refractivity contribution in [3.8, 4) is 17.0 Å². The highest BCUT2D eigenvalue weighted by atomic mass is 32.1. The Labute approximate surface area is 99.2 Å². The van der Waals surface area contributed by atoms with Gasteiger partial charge in [0.2, 0.25) is 0 Å². The highest BCUT2D eigenvalue weighted by molar-refractivity contribution is 7.06. The molecule has 4 heteroatoms. The molecule has 0 saturated heterocycles. The second-order valence-corrected chi connectivity index (χ2v) is 4.33. The van der Waals surface area contributed by atoms with Gasteiger partial charge in [0.25, 0.3) is 0 Å². The van der Waals surface area contributed by atoms with Gasteiger partial charge < -0.3 is 10.1 Å². The number of nitrogens with zero attached hydrogens (tertiary/aromatic N) is 1. The van der Waals surface area contributed by atoms with Crippen LogP contribution in [0.5, 0.6) is 5.75 Å². The molecule has 1 aromatic carbocycles. The standard InChI is InChI=1S/C12H14N2OS/c1-13-8-11-7-12(14-16-11)9-4-3-5-10(6-9)15-2/h3-7,13H,8H2,1-2H3. The Morgan fingerprint density at radius 3 is 3.00 bits per heavy atom. The Balaban J connectivity index is 2.27. The van der Waals surface area contributed by atoms with E-state index < -0.39 is 0 Å². The summed E-state index contributed by atoms with van der Waals surface area (Å²) in [6.07, 6.45) is 0. The third kappa shape index (κ3) is 2.40. The molecule has 0 bridgehead atoms. The molecule has 0 unspecified atom stereocenters. The number of nitrogens with one attached hydrogen (secondary N) is 1. The fourth-order valence-corrected chi connectivity index (χ4v) is 2.24. The van der Waals surface area contributed by atoms with Crippen molar-refractivity contribution in [3.63, 3.8) is 0 Å². The zero-order chi connectivity index (χ0) is 11.4. The van der Waals surface area contributed by atoms with E-state index in [2.05, 4.69) is 15.8 Å². The molecular weight excluding hydrogens is 220 g/mol. The van der Waals surface area contributed by atoms with Crippen molar-refractivity contribution >= 4 is 11.5 Å². The van der Waals surface area contributed by atoms with Gasteiger partial charge in [-0.3, -0.25) is 0 Å². The number of aromatic nitrogens is 1. The van der Waals surface area contributed by atoms with Gasteiger partial charge in [-0.15, -0.1) is 0 Å². The summed E-state index contributed by atoms with van der Waals surface area (Å²) >= 11 is 1.53. The van der Waals surface area contributed by atoms with Crippen molar-refractivity contribution in [2.24, 2.45) is 0 Å². The topological polar surface area (TPSA) is 34.1 Å². The minimum Gasteiger partial charge on any atom is -0.497 e. The van der Waals surface area contributed by atoms with E-state index in [0.717, 1.165) is 23.6 Å². The molecular formula is C12H14N2OS. The van der Waals surface area contributed by atoms with Gasteiger partial charge in [-0.05, 0) is 36.8 Å². The Bertz CT molecular complexity index is 468. The molecule has 0 aliphatic heterocycles. The van der Waals surface area contributed by atoms with Crippen LogP contribution in [0.3, 0.4) is 0 Å². The molecule has 0 fully saturated rings. The van der Waals surface area contributed by atoms with Crippen molar-refractivity contribution in [2.75, 3.05) is 14.2 Å². The monoisotopic (exact) mass is 234 g/mol. The molecule has 0 radical (unpaired) electrons. The van der Waals surface area contributed by atoms with Gasteiger partial charge in [0, 0.05) is 17.0 Å². The number of benzene rings is 1. The molecule has 3 nitrogen and oxygen atoms in total. The highest BCUT2D eigenvalue weighted by Crippen LogP contribution is 2.25. The summed E-state index contributed by atoms with van der Waals surface area (Å²) in [7, 11) is 3.61. The fraction of sp³-hybridized carbons (Fsp3) is 0.250. The molecule has 0 aliphatic carbocycles. The molecule has 84 valence electrons. The summed E-state index contributed by atoms with van der Waals surface area (Å²) in [5.74, 6) is 0.862. The Morgan fingerprint density at radius 2 is 2.25 bits per heavy atom. The van der Waals surface area contributed by atoms with Crippen LogP contribution in [0.4, 0.5) is 0 Å². The number of ether oxygens (including phenoxy) is 1. The number of hydrogen-bond donors (Lipinski definition) is 1. The lowest BCUT2D eigenvalue weighted by molar-refractivity contribution is 0.415. The summed E-state index contributed by atoms with van der Waals surface area (Å²) in [5.41, 5.74) is 2.10. The maximum atomic E-state index is 5.19. The normalized spacial score (nSPS) is 10.4. The van der Waals surface area contributed by atoms with Crippen LogP contribution in [-0.2, 0) is 6.54 Å². The predicted octanol–water partition coefficient (Wildman–Crippen LogP) is 2.54. The van der Waals surface area contributed by atoms with Gasteiger partial charge in [0.1, 0.15) is 5.75 Å². The Kier molecular flexibility index (Phi) is 3.54. The van der Waals surface area contributed by atoms with Crippen molar-refractivity contribution in [1.82, 2.24) is 9.69 Å². The molecule has 16 heavy (non-hydrogen) atoms. The first-order chi connectivity index (χ1) is 7.83. The highest BCUT2D eigenvalue weighted by Gasteiger charge is 2.04. The quantitative estimate of drug-likeness (QED) is 0.882. The lowest BCUT2D eigenvalue weighted by Crippen LogP contribution is -2.02. The van der Waals surface area contributed by atoms with Crippen LogP contribution in [0, 0.1) is 0 Å². The van der Waals surface area contributed by atoms with Gasteiger partial charge in [0.15, 0.2) is 0 Å². The molecule has 1 heterocycles. The number of methoxy groups -OCH3 is 1. The first-order valence-corrected chi connectivity index (χ1v) is 5.85. The maximum absolute atomic E-state index is 5.19. The zero-order valence-corrected chi connectivity index (χ0v) is 10.2. The van der Waals surface area contributed by atoms with E-state index in [1.165, 1.54) is 16.4 Å². The lowest BCUT2D eigenvalue weighted by Gasteiger charge is -2.01. The van der Waals surface area contributed by atoms with Gasteiger partial charge >= 0.3 is 0 Å². The molecule has 1 aromatic heterocycles. The summed E-state index contributed by atoms with van der Waals surface area (Å²) in [5, 5.41) is 3.12. The fourth-order valence-electron chi connectivity index (χ4n) is 1.49. The minimum atomic E-state index is 0.862. The summed E-state index contributed by atoms with van der Waals surface area (Å²) in [6, 6.07) is 10.1. The van der Waals surface area contributed by atoms with Gasteiger partial charge in [-0.25, -0.2) is 0 Å². The second kappa shape index (κ2) is 5.09. The van der Waals surface area contributed by atoms with Crippen LogP contribution in [0.15, 0.2) is 30.3 Å². The van der Waals surface area contributed by atoms with Crippen LogP contribution in [0.2, 0.25) is 0 Å². The molecule has 0 spiro atoms. The van der Waals surface area contributed by atoms with E-state index in [1.807, 2.05) is 31.3 Å². The first-order valence-electron chi connectivity index (χ1n) is 5.08. The average molecular weight is 234 g/mol. The zero-order valence-electron chi connectivity index (χ0n) is 9.36. The molecule has 2 rings (SSSR count). The smallest absolute Gasteiger partial charge is 0.119 e. The predicted molar refractivity (Wildman–Crippen MR) is 66.9 cm³/mol. The third-order valence-corrected chi connectivity index (χ3v) is 3.06. The van der Waals surface area contributed by atoms with Crippen molar-refractivity contribution < 1.29 is 4.74 Å². The largest absolute Gasteiger partial charge is 0.497 e. The third-order valence-electron chi connectivity index (χ3n) is 2.28. The second-order valence-electron chi connectivity index (χ2n) is 3.44. The van der Waals surface area contributed by atoms with Crippen LogP contribution < -0.4 is 10.1 Å². The Morgan fingerprint density at radius 1 is 1.38 bits per heavy atom. The van der Waals surface area contributed by atoms with Crippen LogP contribution in [0.1, 0.15) is 4.88 Å². The molecule has 0 aliphatic rings. The van der Waals surface area contributed by atoms with E-state index in [-0.39, 0.29) is 0 Å². The molecule has 0 saturated carbocycles. The van der Waals surface area contributed by atoms with Gasteiger partial charge in [-0.1, -0.05) is 12.1 Å². The van der Waals surface area contributed by atoms with E-state index in [0.29, 0.717) is 0 Å². The van der Waals surface area contributed by atoms with E-state index >= 15 is 0 Å². The summed E-state index contributed by atoms with van der Waals surface area (Å²) in [4.78, 5) is 1.24. The van der Waals surface area contributed by atoms with Crippen molar-refractivity contribution in [3.05, 3.63) is 35.2 Å². The van der Waals surface area contributed by atoms with Crippen LogP contribution in [-0.4, -0.2) is 18.5 Å². The molecule has 0 amide bonds. The molecule has 2 aromatic rings. The number of hydrogen-bond acceptors (Lipinski definition) is 4. The summed E-state index contributed by atoms with van der Waals surface area (Å²) in [6.45, 7) is 0.863. The summed E-state index contributed by atoms with van der Waals surface area (Å²) < 4.78 is 9.62. The van der Waals surface area contributed by atoms with E-state index in [1.54, 1.807) is 7.11 Å². The SMILES string of the molecule is CNCc1cc(-c2cccc(OC)c2)ns1. The lowest BCUT2D eigenvalue weighted by atomic mass is 10.1. The minimum absolute atomic E-state index is 0.862. The first kappa shape index (κ1) is 11.1. The molecule has 1 N–H and O–H groups in total. The Hall–Kier alpha value is -1.39. The van der Waals surface area contributed by atoms with Crippen LogP contribution in [0.25, 0.3) is 11.3 Å². The van der Waals surface area contributed by atoms with E-state index in [4.69, 9.17) is 4.74 Å². The van der Waals surface area contributed by atoms with E-state index in [9.17, 15) is 0 Å². The van der Waals surface area contributed by atoms with Crippen molar-refractivity contribution in [1.29, 1.82) is 0 Å². The van der Waals surface area contributed by atoms with Crippen molar-refractivity contribution in [2.45, 2.75) is 6.54 Å². The van der Waals surface area contributed by atoms with Gasteiger partial charge in [-0.2, -0.15) is 4.37 Å². The maximum Gasteiger partial charge on any atom is 0.119 e. The van der Waals surface area contributed by atoms with Crippen LogP contribution >= 0.6 is 11.5 Å². The van der Waals surface area contributed by atoms with Gasteiger partial charge in [0.05, 0.1) is 12.8 Å². The molecule has 0 atom stereocenters. The average Bonchev–Trinajstić information content (AvgIpc) is 2.78. The number of rotatable bonds is 4.